The number of hydrogen-bond acceptors (Lipinski definition) is 3. The highest BCUT2D eigenvalue weighted by atomic mass is 28.3. The van der Waals surface area contributed by atoms with Gasteiger partial charge in [0.2, 0.25) is 0 Å². The first-order chi connectivity index (χ1) is 8.26. The monoisotopic (exact) mass is 272 g/mol. The van der Waals surface area contributed by atoms with Gasteiger partial charge < -0.3 is 14.6 Å². The molecule has 3 nitrogen and oxygen atoms in total. The normalized spacial score (nSPS) is 15.2. The molecule has 0 aromatic heterocycles. The van der Waals surface area contributed by atoms with Crippen LogP contribution in [0.5, 0.6) is 0 Å². The van der Waals surface area contributed by atoms with Crippen LogP contribution in [-0.2, 0) is 9.47 Å². The van der Waals surface area contributed by atoms with Crippen molar-refractivity contribution in [3.05, 3.63) is 24.8 Å². The van der Waals surface area contributed by atoms with Gasteiger partial charge in [0.05, 0.1) is 12.2 Å². The summed E-state index contributed by atoms with van der Waals surface area (Å²) in [6, 6.07) is 1.14. The van der Waals surface area contributed by atoms with Gasteiger partial charge in [-0.05, 0) is 18.5 Å². The Morgan fingerprint density at radius 2 is 2.00 bits per heavy atom. The summed E-state index contributed by atoms with van der Waals surface area (Å²) in [7, 11) is -1.03. The second-order valence-electron chi connectivity index (χ2n) is 5.81. The van der Waals surface area contributed by atoms with Crippen molar-refractivity contribution in [3.63, 3.8) is 0 Å². The van der Waals surface area contributed by atoms with Gasteiger partial charge in [-0.3, -0.25) is 0 Å². The maximum absolute atomic E-state index is 9.42. The fraction of sp³-hybridized carbons (Fsp3) is 0.714. The molecular weight excluding hydrogens is 244 g/mol. The van der Waals surface area contributed by atoms with E-state index in [0.29, 0.717) is 6.42 Å². The van der Waals surface area contributed by atoms with Gasteiger partial charge in [-0.25, -0.2) is 0 Å². The molecular formula is C14H28O3Si. The molecule has 0 unspecified atom stereocenters. The van der Waals surface area contributed by atoms with E-state index >= 15 is 0 Å². The van der Waals surface area contributed by atoms with E-state index in [4.69, 9.17) is 9.47 Å². The van der Waals surface area contributed by atoms with Crippen molar-refractivity contribution in [1.82, 2.24) is 0 Å². The largest absolute Gasteiger partial charge is 0.389 e. The van der Waals surface area contributed by atoms with E-state index in [1.807, 2.05) is 6.92 Å². The minimum Gasteiger partial charge on any atom is -0.389 e. The van der Waals surface area contributed by atoms with E-state index in [2.05, 4.69) is 32.8 Å². The van der Waals surface area contributed by atoms with Crippen LogP contribution in [0.15, 0.2) is 24.8 Å². The lowest BCUT2D eigenvalue weighted by atomic mass is 10.1. The molecule has 0 aromatic rings. The average Bonchev–Trinajstić information content (AvgIpc) is 2.26. The molecule has 0 aliphatic rings. The lowest BCUT2D eigenvalue weighted by molar-refractivity contribution is -0.0709. The van der Waals surface area contributed by atoms with Gasteiger partial charge in [0, 0.05) is 21.1 Å². The molecule has 4 heteroatoms. The number of aliphatic hydroxyl groups excluding tert-OH is 1. The van der Waals surface area contributed by atoms with Gasteiger partial charge in [0.25, 0.3) is 0 Å². The second-order valence-corrected chi connectivity index (χ2v) is 11.4. The molecule has 0 rings (SSSR count). The van der Waals surface area contributed by atoms with E-state index in [1.165, 1.54) is 6.08 Å². The van der Waals surface area contributed by atoms with Crippen molar-refractivity contribution in [2.24, 2.45) is 0 Å². The average molecular weight is 272 g/mol. The molecule has 0 radical (unpaired) electrons. The van der Waals surface area contributed by atoms with Crippen LogP contribution in [0.1, 0.15) is 13.3 Å². The molecule has 0 saturated carbocycles. The van der Waals surface area contributed by atoms with Crippen LogP contribution in [0.4, 0.5) is 0 Å². The Morgan fingerprint density at radius 3 is 2.50 bits per heavy atom. The first-order valence-corrected chi connectivity index (χ1v) is 10.1. The molecule has 0 saturated heterocycles. The highest BCUT2D eigenvalue weighted by Crippen LogP contribution is 2.12. The predicted octanol–water partition coefficient (Wildman–Crippen LogP) is 3.20. The summed E-state index contributed by atoms with van der Waals surface area (Å²) >= 11 is 0. The molecule has 0 aliphatic carbocycles. The van der Waals surface area contributed by atoms with Crippen LogP contribution in [0, 0.1) is 0 Å². The van der Waals surface area contributed by atoms with Crippen molar-refractivity contribution in [3.8, 4) is 0 Å². The molecule has 18 heavy (non-hydrogen) atoms. The summed E-state index contributed by atoms with van der Waals surface area (Å²) in [4.78, 5) is 0. The maximum atomic E-state index is 9.42. The lowest BCUT2D eigenvalue weighted by Crippen LogP contribution is -2.23. The third-order valence-corrected chi connectivity index (χ3v) is 4.42. The van der Waals surface area contributed by atoms with Crippen LogP contribution < -0.4 is 0 Å². The molecule has 0 spiro atoms. The van der Waals surface area contributed by atoms with Crippen LogP contribution in [0.25, 0.3) is 0 Å². The Balaban J connectivity index is 3.67. The Morgan fingerprint density at radius 1 is 1.39 bits per heavy atom. The van der Waals surface area contributed by atoms with Crippen molar-refractivity contribution < 1.29 is 14.6 Å². The van der Waals surface area contributed by atoms with Crippen LogP contribution in [0.2, 0.25) is 25.7 Å². The zero-order valence-corrected chi connectivity index (χ0v) is 13.2. The molecule has 0 bridgehead atoms. The van der Waals surface area contributed by atoms with Crippen molar-refractivity contribution in [1.29, 1.82) is 0 Å². The van der Waals surface area contributed by atoms with E-state index in [1.54, 1.807) is 0 Å². The van der Waals surface area contributed by atoms with Crippen molar-refractivity contribution >= 4 is 8.07 Å². The summed E-state index contributed by atoms with van der Waals surface area (Å²) in [5.41, 5.74) is 0.858. The Hall–Kier alpha value is -0.423. The van der Waals surface area contributed by atoms with Crippen LogP contribution in [-0.4, -0.2) is 38.8 Å². The Bertz CT molecular complexity index is 258. The minimum absolute atomic E-state index is 0.105. The molecule has 0 aromatic carbocycles. The van der Waals surface area contributed by atoms with Gasteiger partial charge in [-0.1, -0.05) is 32.3 Å². The Labute approximate surface area is 113 Å². The highest BCUT2D eigenvalue weighted by molar-refractivity contribution is 6.76. The fourth-order valence-electron chi connectivity index (χ4n) is 1.22. The SMILES string of the molecule is C=C[C@@H](O)CC(=C)[C@@H](C)OCOCC[Si](C)(C)C. The third-order valence-electron chi connectivity index (χ3n) is 2.72. The minimum atomic E-state index is -1.03. The van der Waals surface area contributed by atoms with Gasteiger partial charge in [0.15, 0.2) is 0 Å². The summed E-state index contributed by atoms with van der Waals surface area (Å²) in [6.45, 7) is 17.3. The molecule has 0 fully saturated rings. The first kappa shape index (κ1) is 17.6. The molecule has 0 heterocycles. The lowest BCUT2D eigenvalue weighted by Gasteiger charge is -2.19. The van der Waals surface area contributed by atoms with E-state index < -0.39 is 14.2 Å². The quantitative estimate of drug-likeness (QED) is 0.287. The zero-order valence-electron chi connectivity index (χ0n) is 12.2. The standard InChI is InChI=1S/C14H28O3Si/c1-7-14(15)10-12(2)13(3)17-11-16-8-9-18(4,5)6/h7,13-15H,1-2,8-11H2,3-6H3/t13-,14-/m1/s1. The number of ether oxygens (including phenoxy) is 2. The van der Waals surface area contributed by atoms with Crippen molar-refractivity contribution in [2.45, 2.75) is 51.2 Å². The Kier molecular flexibility index (Phi) is 8.44. The van der Waals surface area contributed by atoms with E-state index in [-0.39, 0.29) is 12.9 Å². The fourth-order valence-corrected chi connectivity index (χ4v) is 1.98. The topological polar surface area (TPSA) is 38.7 Å². The summed E-state index contributed by atoms with van der Waals surface area (Å²) in [6.07, 6.45) is 1.34. The van der Waals surface area contributed by atoms with Gasteiger partial charge in [-0.2, -0.15) is 0 Å². The number of aliphatic hydroxyl groups is 1. The smallest absolute Gasteiger partial charge is 0.147 e. The van der Waals surface area contributed by atoms with Crippen molar-refractivity contribution in [2.75, 3.05) is 13.4 Å². The zero-order chi connectivity index (χ0) is 14.2. The number of rotatable bonds is 10. The van der Waals surface area contributed by atoms with E-state index in [0.717, 1.165) is 18.2 Å². The van der Waals surface area contributed by atoms with Gasteiger partial charge >= 0.3 is 0 Å². The van der Waals surface area contributed by atoms with Crippen LogP contribution >= 0.6 is 0 Å². The van der Waals surface area contributed by atoms with E-state index in [9.17, 15) is 5.11 Å². The second kappa shape index (κ2) is 8.64. The first-order valence-electron chi connectivity index (χ1n) is 6.44. The summed E-state index contributed by atoms with van der Waals surface area (Å²) in [5.74, 6) is 0. The molecule has 0 amide bonds. The summed E-state index contributed by atoms with van der Waals surface area (Å²) in [5, 5.41) is 9.42. The highest BCUT2D eigenvalue weighted by Gasteiger charge is 2.13. The van der Waals surface area contributed by atoms with Gasteiger partial charge in [0.1, 0.15) is 6.79 Å². The predicted molar refractivity (Wildman–Crippen MR) is 79.5 cm³/mol. The summed E-state index contributed by atoms with van der Waals surface area (Å²) < 4.78 is 11.0. The van der Waals surface area contributed by atoms with Crippen LogP contribution in [0.3, 0.4) is 0 Å². The molecule has 2 atom stereocenters. The molecule has 0 aliphatic heterocycles. The maximum Gasteiger partial charge on any atom is 0.147 e. The molecule has 1 N–H and O–H groups in total. The van der Waals surface area contributed by atoms with Gasteiger partial charge in [-0.15, -0.1) is 6.58 Å². The molecule has 106 valence electrons. The third kappa shape index (κ3) is 9.59. The number of hydrogen-bond donors (Lipinski definition) is 1.